The van der Waals surface area contributed by atoms with Gasteiger partial charge in [-0.1, -0.05) is 46.0 Å². The molecule has 0 fully saturated rings. The Morgan fingerprint density at radius 3 is 2.52 bits per heavy atom. The second-order valence-corrected chi connectivity index (χ2v) is 4.88. The van der Waals surface area contributed by atoms with E-state index >= 15 is 0 Å². The van der Waals surface area contributed by atoms with Gasteiger partial charge in [0.05, 0.1) is 0 Å². The normalized spacial score (nSPS) is 15.4. The lowest BCUT2D eigenvalue weighted by atomic mass is 9.84. The summed E-state index contributed by atoms with van der Waals surface area (Å²) >= 11 is 3.83. The van der Waals surface area contributed by atoms with Crippen LogP contribution in [0.3, 0.4) is 0 Å². The second kappa shape index (κ2) is 15.5. The van der Waals surface area contributed by atoms with Crippen molar-refractivity contribution in [1.29, 1.82) is 0 Å². The van der Waals surface area contributed by atoms with Crippen LogP contribution in [0, 0.1) is 12.8 Å². The number of fused-ring (bicyclic) bond motifs is 1. The molecule has 3 nitrogen and oxygen atoms in total. The minimum Gasteiger partial charge on any atom is -0.401 e. The van der Waals surface area contributed by atoms with Crippen molar-refractivity contribution in [3.63, 3.8) is 0 Å². The van der Waals surface area contributed by atoms with Gasteiger partial charge in [-0.3, -0.25) is 4.98 Å². The zero-order chi connectivity index (χ0) is 18.3. The van der Waals surface area contributed by atoms with Gasteiger partial charge in [0.2, 0.25) is 0 Å². The van der Waals surface area contributed by atoms with Gasteiger partial charge in [0.25, 0.3) is 0 Å². The van der Waals surface area contributed by atoms with Crippen molar-refractivity contribution in [2.24, 2.45) is 11.7 Å². The molecule has 0 saturated carbocycles. The smallest absolute Gasteiger partial charge is 0.0441 e. The Hall–Kier alpha value is -1.42. The van der Waals surface area contributed by atoms with Crippen molar-refractivity contribution in [2.75, 3.05) is 7.05 Å². The van der Waals surface area contributed by atoms with E-state index in [-0.39, 0.29) is 0 Å². The summed E-state index contributed by atoms with van der Waals surface area (Å²) in [5.74, 6) is 3.47. The molecule has 132 valence electrons. The number of hydrogen-bond acceptors (Lipinski definition) is 4. The topological polar surface area (TPSA) is 50.9 Å². The summed E-state index contributed by atoms with van der Waals surface area (Å²) in [5, 5.41) is 2.98. The Morgan fingerprint density at radius 1 is 1.35 bits per heavy atom. The Morgan fingerprint density at radius 2 is 1.96 bits per heavy atom. The number of pyridine rings is 1. The monoisotopic (exact) mass is 337 g/mol. The Bertz CT molecular complexity index is 444. The molecule has 0 radical (unpaired) electrons. The molecular formula is C19H35N3S. The number of allylic oxidation sites excluding steroid dienone is 1. The van der Waals surface area contributed by atoms with Crippen LogP contribution in [0.2, 0.25) is 0 Å². The van der Waals surface area contributed by atoms with Crippen LogP contribution in [0.4, 0.5) is 0 Å². The fraction of sp³-hybridized carbons (Fsp3) is 0.579. The average molecular weight is 338 g/mol. The van der Waals surface area contributed by atoms with Crippen molar-refractivity contribution >= 4 is 18.1 Å². The lowest BCUT2D eigenvalue weighted by molar-refractivity contribution is 0.444. The van der Waals surface area contributed by atoms with Gasteiger partial charge in [-0.2, -0.15) is 0 Å². The molecule has 0 spiro atoms. The number of rotatable bonds is 3. The second-order valence-electron chi connectivity index (χ2n) is 4.88. The van der Waals surface area contributed by atoms with E-state index in [4.69, 9.17) is 5.73 Å². The maximum Gasteiger partial charge on any atom is 0.0441 e. The van der Waals surface area contributed by atoms with Gasteiger partial charge >= 0.3 is 0 Å². The first kappa shape index (κ1) is 23.8. The van der Waals surface area contributed by atoms with Crippen molar-refractivity contribution in [1.82, 2.24) is 10.3 Å². The largest absolute Gasteiger partial charge is 0.401 e. The molecule has 2 rings (SSSR count). The molecule has 1 aromatic rings. The van der Waals surface area contributed by atoms with E-state index in [9.17, 15) is 0 Å². The van der Waals surface area contributed by atoms with Crippen LogP contribution in [-0.2, 0) is 12.8 Å². The molecular weight excluding hydrogens is 302 g/mol. The number of aromatic nitrogens is 1. The number of hydrogen-bond donors (Lipinski definition) is 2. The number of nitrogens with one attached hydrogen (secondary N) is 1. The first-order chi connectivity index (χ1) is 11.2. The summed E-state index contributed by atoms with van der Waals surface area (Å²) in [7, 11) is 1.88. The van der Waals surface area contributed by atoms with Gasteiger partial charge in [0.15, 0.2) is 0 Å². The van der Waals surface area contributed by atoms with Crippen molar-refractivity contribution in [3.05, 3.63) is 41.0 Å². The number of nitrogens with zero attached hydrogens (tertiary/aromatic N) is 1. The van der Waals surface area contributed by atoms with Crippen LogP contribution in [0.1, 0.15) is 57.5 Å². The van der Waals surface area contributed by atoms with Crippen LogP contribution < -0.4 is 11.1 Å². The minimum atomic E-state index is 0.640. The summed E-state index contributed by atoms with van der Waals surface area (Å²) in [4.78, 5) is 4.64. The summed E-state index contributed by atoms with van der Waals surface area (Å²) in [6.07, 6.45) is 6.28. The van der Waals surface area contributed by atoms with Crippen molar-refractivity contribution < 1.29 is 0 Å². The molecule has 0 saturated heterocycles. The third kappa shape index (κ3) is 9.34. The number of thiocarbonyl (C=S) groups is 1. The van der Waals surface area contributed by atoms with Crippen LogP contribution >= 0.6 is 12.2 Å². The summed E-state index contributed by atoms with van der Waals surface area (Å²) < 4.78 is 0. The molecule has 1 atom stereocenters. The van der Waals surface area contributed by atoms with Gasteiger partial charge in [0.1, 0.15) is 0 Å². The zero-order valence-corrected chi connectivity index (χ0v) is 16.6. The number of nitrogens with two attached hydrogens (primary N) is 1. The van der Waals surface area contributed by atoms with Crippen molar-refractivity contribution in [2.45, 2.75) is 60.3 Å². The Labute approximate surface area is 148 Å². The first-order valence-corrected chi connectivity index (χ1v) is 9.13. The van der Waals surface area contributed by atoms with Crippen LogP contribution in [0.5, 0.6) is 0 Å². The molecule has 1 heterocycles. The third-order valence-corrected chi connectivity index (χ3v) is 3.37. The molecule has 1 aromatic heterocycles. The van der Waals surface area contributed by atoms with E-state index in [2.05, 4.69) is 47.4 Å². The lowest BCUT2D eigenvalue weighted by Crippen LogP contribution is -2.19. The molecule has 0 aliphatic heterocycles. The van der Waals surface area contributed by atoms with E-state index in [1.165, 1.54) is 17.7 Å². The molecule has 1 aliphatic carbocycles. The van der Waals surface area contributed by atoms with Gasteiger partial charge in [0, 0.05) is 30.3 Å². The highest BCUT2D eigenvalue weighted by atomic mass is 32.1. The minimum absolute atomic E-state index is 0.640. The fourth-order valence-electron chi connectivity index (χ4n) is 2.53. The van der Waals surface area contributed by atoms with Crippen molar-refractivity contribution in [3.8, 4) is 0 Å². The number of aryl methyl sites for hydroxylation is 2. The fourth-order valence-corrected chi connectivity index (χ4v) is 2.53. The Balaban J connectivity index is 0. The maximum absolute atomic E-state index is 5.94. The van der Waals surface area contributed by atoms with E-state index in [0.29, 0.717) is 5.92 Å². The van der Waals surface area contributed by atoms with E-state index in [0.717, 1.165) is 30.7 Å². The highest BCUT2D eigenvalue weighted by Crippen LogP contribution is 2.27. The van der Waals surface area contributed by atoms with Gasteiger partial charge in [-0.05, 0) is 56.0 Å². The summed E-state index contributed by atoms with van der Waals surface area (Å²) in [5.41, 5.74) is 10.7. The van der Waals surface area contributed by atoms with E-state index < -0.39 is 0 Å². The maximum atomic E-state index is 5.94. The summed E-state index contributed by atoms with van der Waals surface area (Å²) in [6, 6.07) is 4.33. The van der Waals surface area contributed by atoms with Gasteiger partial charge in [-0.25, -0.2) is 0 Å². The lowest BCUT2D eigenvalue weighted by Gasteiger charge is -2.24. The van der Waals surface area contributed by atoms with E-state index in [1.54, 1.807) is 0 Å². The SMILES string of the molecule is C=S.CC.CC.CN/C=C(\N)CC1CCc2ccc(C)nc2C1. The standard InChI is InChI=1S/C14H21N3.2C2H6.CH2S/c1-10-3-5-12-6-4-11(8-14(12)17-10)7-13(15)9-16-2;3*1-2/h3,5,9,11,16H,4,6-8,15H2,1-2H3;2*1-2H3;1H2/b13-9-;;;. The highest BCUT2D eigenvalue weighted by molar-refractivity contribution is 7.77. The highest BCUT2D eigenvalue weighted by Gasteiger charge is 2.20. The molecule has 0 amide bonds. The van der Waals surface area contributed by atoms with Crippen LogP contribution in [0.15, 0.2) is 24.0 Å². The third-order valence-electron chi connectivity index (χ3n) is 3.37. The van der Waals surface area contributed by atoms with Gasteiger partial charge in [-0.15, -0.1) is 0 Å². The van der Waals surface area contributed by atoms with Gasteiger partial charge < -0.3 is 11.1 Å². The first-order valence-electron chi connectivity index (χ1n) is 8.55. The molecule has 23 heavy (non-hydrogen) atoms. The zero-order valence-electron chi connectivity index (χ0n) is 15.8. The predicted octanol–water partition coefficient (Wildman–Crippen LogP) is 4.57. The van der Waals surface area contributed by atoms with Crippen LogP contribution in [0.25, 0.3) is 0 Å². The summed E-state index contributed by atoms with van der Waals surface area (Å²) in [6.45, 7) is 10.1. The average Bonchev–Trinajstić information content (AvgIpc) is 2.60. The predicted molar refractivity (Wildman–Crippen MR) is 108 cm³/mol. The quantitative estimate of drug-likeness (QED) is 0.793. The molecule has 0 bridgehead atoms. The molecule has 3 N–H and O–H groups in total. The molecule has 4 heteroatoms. The molecule has 0 aromatic carbocycles. The molecule has 1 unspecified atom stereocenters. The van der Waals surface area contributed by atoms with E-state index in [1.807, 2.05) is 40.9 Å². The Kier molecular flexibility index (Phi) is 16.0. The molecule has 1 aliphatic rings. The van der Waals surface area contributed by atoms with Crippen LogP contribution in [-0.4, -0.2) is 17.9 Å².